The van der Waals surface area contributed by atoms with E-state index in [2.05, 4.69) is 11.8 Å². The first-order chi connectivity index (χ1) is 5.74. The molecule has 0 unspecified atom stereocenters. The zero-order valence-corrected chi connectivity index (χ0v) is 6.69. The highest BCUT2D eigenvalue weighted by atomic mass is 35.5. The largest absolute Gasteiger partial charge is 0.206 e. The van der Waals surface area contributed by atoms with Crippen molar-refractivity contribution in [3.63, 3.8) is 0 Å². The van der Waals surface area contributed by atoms with Crippen molar-refractivity contribution >= 4 is 11.6 Å². The quantitative estimate of drug-likeness (QED) is 0.561. The van der Waals surface area contributed by atoms with Gasteiger partial charge in [-0.2, -0.15) is 5.26 Å². The van der Waals surface area contributed by atoms with Gasteiger partial charge >= 0.3 is 0 Å². The van der Waals surface area contributed by atoms with Crippen molar-refractivity contribution in [1.29, 1.82) is 5.26 Å². The Morgan fingerprint density at radius 1 is 1.42 bits per heavy atom. The van der Waals surface area contributed by atoms with Crippen LogP contribution in [0, 0.1) is 29.0 Å². The summed E-state index contributed by atoms with van der Waals surface area (Å²) in [5, 5.41) is 8.51. The average Bonchev–Trinajstić information content (AvgIpc) is 2.07. The molecule has 0 heterocycles. The van der Waals surface area contributed by atoms with E-state index in [9.17, 15) is 4.39 Å². The molecule has 0 spiro atoms. The molecule has 0 fully saturated rings. The smallest absolute Gasteiger partial charge is 0.152 e. The van der Waals surface area contributed by atoms with Gasteiger partial charge in [0.1, 0.15) is 5.82 Å². The van der Waals surface area contributed by atoms with Gasteiger partial charge in [-0.1, -0.05) is 11.6 Å². The zero-order valence-electron chi connectivity index (χ0n) is 5.94. The third-order valence-corrected chi connectivity index (χ3v) is 1.42. The lowest BCUT2D eigenvalue weighted by Crippen LogP contribution is -1.81. The van der Waals surface area contributed by atoms with E-state index in [1.165, 1.54) is 18.2 Å². The summed E-state index contributed by atoms with van der Waals surface area (Å²) in [6.45, 7) is 0. The minimum Gasteiger partial charge on any atom is -0.206 e. The van der Waals surface area contributed by atoms with Gasteiger partial charge in [0.2, 0.25) is 0 Å². The predicted molar refractivity (Wildman–Crippen MR) is 43.9 cm³/mol. The molecule has 0 aliphatic carbocycles. The van der Waals surface area contributed by atoms with Crippen LogP contribution in [0.25, 0.3) is 0 Å². The molecule has 0 radical (unpaired) electrons. The number of benzene rings is 1. The van der Waals surface area contributed by atoms with E-state index in [1.54, 1.807) is 6.07 Å². The minimum absolute atomic E-state index is 0.143. The summed E-state index contributed by atoms with van der Waals surface area (Å²) in [5.74, 6) is 3.95. The van der Waals surface area contributed by atoms with Crippen LogP contribution >= 0.6 is 11.6 Å². The van der Waals surface area contributed by atoms with Crippen molar-refractivity contribution in [2.24, 2.45) is 0 Å². The van der Waals surface area contributed by atoms with Crippen molar-refractivity contribution in [3.8, 4) is 17.9 Å². The Kier molecular flexibility index (Phi) is 2.69. The van der Waals surface area contributed by atoms with Crippen LogP contribution in [0.5, 0.6) is 0 Å². The lowest BCUT2D eigenvalue weighted by atomic mass is 10.2. The van der Waals surface area contributed by atoms with E-state index in [-0.39, 0.29) is 5.56 Å². The molecule has 0 saturated carbocycles. The van der Waals surface area contributed by atoms with Crippen LogP contribution in [0.4, 0.5) is 4.39 Å². The van der Waals surface area contributed by atoms with E-state index in [4.69, 9.17) is 16.9 Å². The SMILES string of the molecule is N#CC#Cc1cc(Cl)ccc1F. The summed E-state index contributed by atoms with van der Waals surface area (Å²) in [7, 11) is 0. The molecule has 12 heavy (non-hydrogen) atoms. The maximum Gasteiger partial charge on any atom is 0.152 e. The molecule has 0 aromatic heterocycles. The number of nitrogens with zero attached hydrogens (tertiary/aromatic N) is 1. The Balaban J connectivity index is 3.16. The number of halogens is 2. The summed E-state index contributed by atoms with van der Waals surface area (Å²) in [4.78, 5) is 0. The molecule has 1 aromatic rings. The second kappa shape index (κ2) is 3.76. The highest BCUT2D eigenvalue weighted by molar-refractivity contribution is 6.30. The fraction of sp³-hybridized carbons (Fsp3) is 0. The monoisotopic (exact) mass is 179 g/mol. The molecular weight excluding hydrogens is 177 g/mol. The van der Waals surface area contributed by atoms with Crippen LogP contribution in [0.1, 0.15) is 5.56 Å². The first-order valence-corrected chi connectivity index (χ1v) is 3.47. The van der Waals surface area contributed by atoms with E-state index in [0.29, 0.717) is 5.02 Å². The molecule has 0 atom stereocenters. The Morgan fingerprint density at radius 2 is 2.17 bits per heavy atom. The highest BCUT2D eigenvalue weighted by Crippen LogP contribution is 2.13. The molecule has 0 aliphatic rings. The summed E-state index contributed by atoms with van der Waals surface area (Å²) in [6, 6.07) is 5.61. The topological polar surface area (TPSA) is 23.8 Å². The van der Waals surface area contributed by atoms with Gasteiger partial charge in [-0.25, -0.2) is 4.39 Å². The summed E-state index contributed by atoms with van der Waals surface area (Å²) >= 11 is 5.58. The van der Waals surface area contributed by atoms with E-state index in [0.717, 1.165) is 0 Å². The van der Waals surface area contributed by atoms with Crippen molar-refractivity contribution < 1.29 is 4.39 Å². The van der Waals surface area contributed by atoms with Gasteiger partial charge in [-0.3, -0.25) is 0 Å². The number of nitriles is 1. The van der Waals surface area contributed by atoms with Crippen LogP contribution in [0.2, 0.25) is 5.02 Å². The predicted octanol–water partition coefficient (Wildman–Crippen LogP) is 2.35. The molecule has 0 bridgehead atoms. The average molecular weight is 180 g/mol. The Morgan fingerprint density at radius 3 is 2.83 bits per heavy atom. The molecule has 0 N–H and O–H groups in total. The van der Waals surface area contributed by atoms with Crippen molar-refractivity contribution in [2.75, 3.05) is 0 Å². The fourth-order valence-electron chi connectivity index (χ4n) is 0.689. The van der Waals surface area contributed by atoms with Gasteiger partial charge in [0.05, 0.1) is 5.56 Å². The summed E-state index contributed by atoms with van der Waals surface area (Å²) in [6.07, 6.45) is 0. The van der Waals surface area contributed by atoms with Gasteiger partial charge in [0.25, 0.3) is 0 Å². The van der Waals surface area contributed by atoms with Crippen molar-refractivity contribution in [2.45, 2.75) is 0 Å². The maximum absolute atomic E-state index is 12.8. The summed E-state index contributed by atoms with van der Waals surface area (Å²) in [5.41, 5.74) is 0.143. The maximum atomic E-state index is 12.8. The zero-order chi connectivity index (χ0) is 8.97. The Labute approximate surface area is 74.4 Å². The second-order valence-electron chi connectivity index (χ2n) is 1.99. The lowest BCUT2D eigenvalue weighted by molar-refractivity contribution is 0.624. The molecule has 0 saturated heterocycles. The van der Waals surface area contributed by atoms with Crippen LogP contribution < -0.4 is 0 Å². The third-order valence-electron chi connectivity index (χ3n) is 1.18. The van der Waals surface area contributed by atoms with Gasteiger partial charge in [-0.15, -0.1) is 0 Å². The number of hydrogen-bond acceptors (Lipinski definition) is 1. The van der Waals surface area contributed by atoms with Gasteiger partial charge < -0.3 is 0 Å². The van der Waals surface area contributed by atoms with Crippen LogP contribution in [0.15, 0.2) is 18.2 Å². The van der Waals surface area contributed by atoms with E-state index in [1.807, 2.05) is 0 Å². The number of rotatable bonds is 0. The standard InChI is InChI=1S/C9H3ClFN/c10-8-3-4-9(11)7(6-8)2-1-5-12/h3-4,6H. The lowest BCUT2D eigenvalue weighted by Gasteiger charge is -1.93. The first-order valence-electron chi connectivity index (χ1n) is 3.09. The molecule has 0 aliphatic heterocycles. The van der Waals surface area contributed by atoms with Crippen LogP contribution in [-0.4, -0.2) is 0 Å². The molecule has 3 heteroatoms. The first kappa shape index (κ1) is 8.59. The normalized spacial score (nSPS) is 8.08. The third kappa shape index (κ3) is 1.99. The van der Waals surface area contributed by atoms with Gasteiger partial charge in [0.15, 0.2) is 6.07 Å². The molecule has 1 aromatic carbocycles. The molecule has 58 valence electrons. The van der Waals surface area contributed by atoms with E-state index < -0.39 is 5.82 Å². The number of hydrogen-bond donors (Lipinski definition) is 0. The molecular formula is C9H3ClFN. The summed E-state index contributed by atoms with van der Waals surface area (Å²) < 4.78 is 12.8. The van der Waals surface area contributed by atoms with Gasteiger partial charge in [0, 0.05) is 10.9 Å². The van der Waals surface area contributed by atoms with E-state index >= 15 is 0 Å². The molecule has 1 nitrogen and oxygen atoms in total. The van der Waals surface area contributed by atoms with Crippen molar-refractivity contribution in [1.82, 2.24) is 0 Å². The fourth-order valence-corrected chi connectivity index (χ4v) is 0.861. The van der Waals surface area contributed by atoms with Crippen LogP contribution in [0.3, 0.4) is 0 Å². The Hall–Kier alpha value is -1.51. The van der Waals surface area contributed by atoms with Crippen LogP contribution in [-0.2, 0) is 0 Å². The molecule has 1 rings (SSSR count). The van der Waals surface area contributed by atoms with Crippen molar-refractivity contribution in [3.05, 3.63) is 34.6 Å². The second-order valence-corrected chi connectivity index (χ2v) is 2.42. The highest BCUT2D eigenvalue weighted by Gasteiger charge is 1.98. The molecule has 0 amide bonds. The minimum atomic E-state index is -0.470. The Bertz CT molecular complexity index is 395. The van der Waals surface area contributed by atoms with Gasteiger partial charge in [-0.05, 0) is 24.1 Å².